The molecule has 19 heavy (non-hydrogen) atoms. The van der Waals surface area contributed by atoms with Gasteiger partial charge >= 0.3 is 0 Å². The van der Waals surface area contributed by atoms with Crippen molar-refractivity contribution in [3.63, 3.8) is 0 Å². The maximum atomic E-state index is 5.59. The largest absolute Gasteiger partial charge is 0.388 e. The molecule has 1 saturated carbocycles. The Kier molecular flexibility index (Phi) is 3.17. The summed E-state index contributed by atoms with van der Waals surface area (Å²) >= 11 is 4.94. The first-order valence-corrected chi connectivity index (χ1v) is 6.72. The third-order valence-corrected chi connectivity index (χ3v) is 3.59. The molecule has 3 N–H and O–H groups in total. The number of nitrogens with zero attached hydrogens (tertiary/aromatic N) is 1. The van der Waals surface area contributed by atoms with Crippen molar-refractivity contribution in [3.8, 4) is 0 Å². The van der Waals surface area contributed by atoms with Crippen LogP contribution in [0.1, 0.15) is 23.6 Å². The van der Waals surface area contributed by atoms with Gasteiger partial charge in [0.25, 0.3) is 0 Å². The van der Waals surface area contributed by atoms with Gasteiger partial charge in [0.2, 0.25) is 0 Å². The number of anilines is 1. The van der Waals surface area contributed by atoms with Gasteiger partial charge in [-0.25, -0.2) is 0 Å². The molecule has 1 aliphatic carbocycles. The fourth-order valence-electron chi connectivity index (χ4n) is 2.29. The lowest BCUT2D eigenvalue weighted by Gasteiger charge is -2.07. The Morgan fingerprint density at radius 3 is 2.79 bits per heavy atom. The van der Waals surface area contributed by atoms with E-state index in [1.54, 1.807) is 6.20 Å². The van der Waals surface area contributed by atoms with Gasteiger partial charge in [0, 0.05) is 23.8 Å². The highest BCUT2D eigenvalue weighted by Crippen LogP contribution is 2.42. The van der Waals surface area contributed by atoms with Crippen LogP contribution in [-0.4, -0.2) is 16.0 Å². The molecule has 96 valence electrons. The summed E-state index contributed by atoms with van der Waals surface area (Å²) in [5.74, 6) is 0.600. The first-order chi connectivity index (χ1) is 9.24. The number of aromatic nitrogens is 1. The number of hydrogen-bond acceptors (Lipinski definition) is 3. The quantitative estimate of drug-likeness (QED) is 0.838. The van der Waals surface area contributed by atoms with Gasteiger partial charge in [-0.2, -0.15) is 0 Å². The lowest BCUT2D eigenvalue weighted by molar-refractivity contribution is 1.04. The average molecular weight is 269 g/mol. The molecule has 0 radical (unpaired) electrons. The Hall–Kier alpha value is -1.94. The van der Waals surface area contributed by atoms with Gasteiger partial charge in [0.1, 0.15) is 4.99 Å². The van der Waals surface area contributed by atoms with Gasteiger partial charge < -0.3 is 11.1 Å². The molecule has 2 atom stereocenters. The van der Waals surface area contributed by atoms with E-state index in [9.17, 15) is 0 Å². The molecule has 3 nitrogen and oxygen atoms in total. The van der Waals surface area contributed by atoms with E-state index in [2.05, 4.69) is 34.6 Å². The van der Waals surface area contributed by atoms with Gasteiger partial charge in [0.15, 0.2) is 0 Å². The molecule has 0 amide bonds. The second-order valence-corrected chi connectivity index (χ2v) is 5.24. The van der Waals surface area contributed by atoms with Crippen molar-refractivity contribution in [2.45, 2.75) is 18.4 Å². The Labute approximate surface area is 117 Å². The summed E-state index contributed by atoms with van der Waals surface area (Å²) < 4.78 is 0. The highest BCUT2D eigenvalue weighted by molar-refractivity contribution is 7.80. The Morgan fingerprint density at radius 2 is 2.05 bits per heavy atom. The maximum absolute atomic E-state index is 5.59. The third-order valence-electron chi connectivity index (χ3n) is 3.38. The highest BCUT2D eigenvalue weighted by Gasteiger charge is 2.38. The smallest absolute Gasteiger partial charge is 0.122 e. The first-order valence-electron chi connectivity index (χ1n) is 6.31. The van der Waals surface area contributed by atoms with Crippen LogP contribution in [0, 0.1) is 0 Å². The van der Waals surface area contributed by atoms with Crippen molar-refractivity contribution in [1.29, 1.82) is 0 Å². The molecule has 1 aromatic carbocycles. The van der Waals surface area contributed by atoms with Gasteiger partial charge in [-0.1, -0.05) is 42.5 Å². The summed E-state index contributed by atoms with van der Waals surface area (Å²) in [6, 6.07) is 14.9. The summed E-state index contributed by atoms with van der Waals surface area (Å²) in [6.45, 7) is 0. The number of rotatable bonds is 4. The SMILES string of the molecule is NC(=S)c1cc(NC2CC2c2ccccc2)ccn1. The Balaban J connectivity index is 1.68. The van der Waals surface area contributed by atoms with Crippen LogP contribution in [0.2, 0.25) is 0 Å². The van der Waals surface area contributed by atoms with E-state index in [-0.39, 0.29) is 0 Å². The summed E-state index contributed by atoms with van der Waals surface area (Å²) in [5, 5.41) is 3.50. The standard InChI is InChI=1S/C15H15N3S/c16-15(19)14-8-11(6-7-17-14)18-13-9-12(13)10-4-2-1-3-5-10/h1-8,12-13H,9H2,(H2,16,19)(H,17,18). The number of benzene rings is 1. The second kappa shape index (κ2) is 4.97. The lowest BCUT2D eigenvalue weighted by Crippen LogP contribution is -2.12. The van der Waals surface area contributed by atoms with Crippen LogP contribution in [0.4, 0.5) is 5.69 Å². The van der Waals surface area contributed by atoms with Gasteiger partial charge in [-0.15, -0.1) is 0 Å². The first kappa shape index (κ1) is 12.1. The normalized spacial score (nSPS) is 20.8. The van der Waals surface area contributed by atoms with E-state index in [0.29, 0.717) is 22.6 Å². The fourth-order valence-corrected chi connectivity index (χ4v) is 2.40. The number of hydrogen-bond donors (Lipinski definition) is 2. The minimum Gasteiger partial charge on any atom is -0.388 e. The number of nitrogens with one attached hydrogen (secondary N) is 1. The third kappa shape index (κ3) is 2.74. The van der Waals surface area contributed by atoms with Crippen molar-refractivity contribution < 1.29 is 0 Å². The molecular weight excluding hydrogens is 254 g/mol. The summed E-state index contributed by atoms with van der Waals surface area (Å²) in [4.78, 5) is 4.47. The lowest BCUT2D eigenvalue weighted by atomic mass is 10.1. The molecular formula is C15H15N3S. The topological polar surface area (TPSA) is 50.9 Å². The van der Waals surface area contributed by atoms with Gasteiger partial charge in [-0.3, -0.25) is 4.98 Å². The van der Waals surface area contributed by atoms with E-state index in [1.165, 1.54) is 5.56 Å². The molecule has 0 spiro atoms. The molecule has 1 heterocycles. The van der Waals surface area contributed by atoms with Gasteiger partial charge in [-0.05, 0) is 24.1 Å². The van der Waals surface area contributed by atoms with Crippen molar-refractivity contribution in [2.75, 3.05) is 5.32 Å². The van der Waals surface area contributed by atoms with E-state index in [0.717, 1.165) is 12.1 Å². The Morgan fingerprint density at radius 1 is 1.26 bits per heavy atom. The molecule has 0 aliphatic heterocycles. The van der Waals surface area contributed by atoms with Crippen LogP contribution in [-0.2, 0) is 0 Å². The maximum Gasteiger partial charge on any atom is 0.122 e. The molecule has 1 fully saturated rings. The van der Waals surface area contributed by atoms with E-state index in [4.69, 9.17) is 18.0 Å². The number of thiocarbonyl (C=S) groups is 1. The molecule has 1 aromatic heterocycles. The van der Waals surface area contributed by atoms with Crippen molar-refractivity contribution in [1.82, 2.24) is 4.98 Å². The average Bonchev–Trinajstić information content (AvgIpc) is 3.19. The van der Waals surface area contributed by atoms with Crippen LogP contribution in [0.15, 0.2) is 48.7 Å². The van der Waals surface area contributed by atoms with E-state index in [1.807, 2.05) is 18.2 Å². The molecule has 0 bridgehead atoms. The fraction of sp³-hybridized carbons (Fsp3) is 0.200. The number of pyridine rings is 1. The molecule has 3 rings (SSSR count). The second-order valence-electron chi connectivity index (χ2n) is 4.80. The monoisotopic (exact) mass is 269 g/mol. The van der Waals surface area contributed by atoms with Crippen molar-refractivity contribution in [3.05, 3.63) is 59.9 Å². The van der Waals surface area contributed by atoms with Crippen LogP contribution in [0.5, 0.6) is 0 Å². The Bertz CT molecular complexity index is 597. The number of nitrogens with two attached hydrogens (primary N) is 1. The minimum atomic E-state index is 0.332. The van der Waals surface area contributed by atoms with Crippen LogP contribution < -0.4 is 11.1 Å². The van der Waals surface area contributed by atoms with E-state index >= 15 is 0 Å². The molecule has 2 unspecified atom stereocenters. The van der Waals surface area contributed by atoms with Crippen LogP contribution in [0.3, 0.4) is 0 Å². The van der Waals surface area contributed by atoms with Crippen molar-refractivity contribution >= 4 is 22.9 Å². The zero-order valence-electron chi connectivity index (χ0n) is 10.4. The highest BCUT2D eigenvalue weighted by atomic mass is 32.1. The predicted octanol–water partition coefficient (Wildman–Crippen LogP) is 2.68. The predicted molar refractivity (Wildman–Crippen MR) is 81.3 cm³/mol. The molecule has 1 aliphatic rings. The zero-order valence-corrected chi connectivity index (χ0v) is 11.2. The van der Waals surface area contributed by atoms with Crippen LogP contribution >= 0.6 is 12.2 Å². The van der Waals surface area contributed by atoms with E-state index < -0.39 is 0 Å². The summed E-state index contributed by atoms with van der Waals surface area (Å²) in [7, 11) is 0. The summed E-state index contributed by atoms with van der Waals surface area (Å²) in [6.07, 6.45) is 2.89. The molecule has 2 aromatic rings. The zero-order chi connectivity index (χ0) is 13.2. The summed E-state index contributed by atoms with van der Waals surface area (Å²) in [5.41, 5.74) is 8.67. The molecule has 4 heteroatoms. The van der Waals surface area contributed by atoms with Gasteiger partial charge in [0.05, 0.1) is 5.69 Å². The van der Waals surface area contributed by atoms with Crippen LogP contribution in [0.25, 0.3) is 0 Å². The molecule has 0 saturated heterocycles. The van der Waals surface area contributed by atoms with Crippen molar-refractivity contribution in [2.24, 2.45) is 5.73 Å². The minimum absolute atomic E-state index is 0.332.